The van der Waals surface area contributed by atoms with Crippen LogP contribution < -0.4 is 15.1 Å². The lowest BCUT2D eigenvalue weighted by Gasteiger charge is -2.26. The number of hydrogen-bond donors (Lipinski definition) is 1. The highest BCUT2D eigenvalue weighted by Crippen LogP contribution is 2.33. The first-order valence-corrected chi connectivity index (χ1v) is 11.1. The fraction of sp³-hybridized carbons (Fsp3) is 0.476. The van der Waals surface area contributed by atoms with Crippen molar-refractivity contribution in [2.24, 2.45) is 0 Å². The summed E-state index contributed by atoms with van der Waals surface area (Å²) in [6.07, 6.45) is -5.48. The number of rotatable bonds is 5. The van der Waals surface area contributed by atoms with Gasteiger partial charge in [-0.05, 0) is 45.0 Å². The number of hydrogen-bond acceptors (Lipinski definition) is 7. The maximum absolute atomic E-state index is 12.7. The summed E-state index contributed by atoms with van der Waals surface area (Å²) < 4.78 is 48.6. The number of anilines is 2. The Balaban J connectivity index is 1.61. The molecule has 0 radical (unpaired) electrons. The number of Topliss-reactive ketones (excluding diaryl/α,β-unsaturated/α-hetero) is 1. The van der Waals surface area contributed by atoms with Crippen molar-refractivity contribution >= 4 is 41.1 Å². The summed E-state index contributed by atoms with van der Waals surface area (Å²) in [6.45, 7) is 5.94. The van der Waals surface area contributed by atoms with Crippen LogP contribution in [0.3, 0.4) is 0 Å². The van der Waals surface area contributed by atoms with Gasteiger partial charge in [-0.3, -0.25) is 9.69 Å². The van der Waals surface area contributed by atoms with E-state index in [0.717, 1.165) is 11.8 Å². The van der Waals surface area contributed by atoms with Crippen molar-refractivity contribution in [1.29, 1.82) is 0 Å². The number of nitrogens with zero attached hydrogens (tertiary/aromatic N) is 2. The molecule has 0 spiro atoms. The fourth-order valence-corrected chi connectivity index (χ4v) is 4.10. The molecule has 33 heavy (non-hydrogen) atoms. The van der Waals surface area contributed by atoms with Gasteiger partial charge in [0.2, 0.25) is 0 Å². The predicted molar refractivity (Wildman–Crippen MR) is 117 cm³/mol. The van der Waals surface area contributed by atoms with Gasteiger partial charge in [-0.15, -0.1) is 11.8 Å². The summed E-state index contributed by atoms with van der Waals surface area (Å²) in [4.78, 5) is 38.1. The van der Waals surface area contributed by atoms with Gasteiger partial charge >= 0.3 is 18.4 Å². The number of benzene rings is 1. The van der Waals surface area contributed by atoms with Crippen LogP contribution in [0.4, 0.5) is 34.1 Å². The van der Waals surface area contributed by atoms with Gasteiger partial charge in [-0.1, -0.05) is 0 Å². The van der Waals surface area contributed by atoms with Crippen LogP contribution in [0.15, 0.2) is 35.4 Å². The molecule has 1 unspecified atom stereocenters. The van der Waals surface area contributed by atoms with Gasteiger partial charge in [-0.25, -0.2) is 9.59 Å². The highest BCUT2D eigenvalue weighted by atomic mass is 32.2. The summed E-state index contributed by atoms with van der Waals surface area (Å²) in [6, 6.07) is 6.58. The third kappa shape index (κ3) is 6.56. The zero-order valence-corrected chi connectivity index (χ0v) is 19.1. The van der Waals surface area contributed by atoms with E-state index in [1.165, 1.54) is 11.1 Å². The highest BCUT2D eigenvalue weighted by molar-refractivity contribution is 8.04. The van der Waals surface area contributed by atoms with Crippen molar-refractivity contribution in [3.63, 3.8) is 0 Å². The monoisotopic (exact) mass is 487 g/mol. The lowest BCUT2D eigenvalue weighted by atomic mass is 10.2. The molecule has 0 bridgehead atoms. The van der Waals surface area contributed by atoms with Crippen molar-refractivity contribution in [2.45, 2.75) is 38.7 Å². The van der Waals surface area contributed by atoms with Gasteiger partial charge in [0.1, 0.15) is 11.7 Å². The maximum atomic E-state index is 12.7. The second-order valence-corrected chi connectivity index (χ2v) is 9.51. The first-order chi connectivity index (χ1) is 15.3. The SMILES string of the molecule is CC(C)(C)OC(=O)NCC1CN(c2ccc(N3C=C(C(=O)C(F)(F)F)SCC3)cc2)C(=O)O1. The third-order valence-electron chi connectivity index (χ3n) is 4.58. The molecule has 180 valence electrons. The van der Waals surface area contributed by atoms with Crippen LogP contribution in [-0.4, -0.2) is 61.2 Å². The number of allylic oxidation sites excluding steroid dienone is 1. The molecule has 0 saturated carbocycles. The highest BCUT2D eigenvalue weighted by Gasteiger charge is 2.41. The number of cyclic esters (lactones) is 1. The molecule has 8 nitrogen and oxygen atoms in total. The van der Waals surface area contributed by atoms with Crippen LogP contribution in [0.2, 0.25) is 0 Å². The van der Waals surface area contributed by atoms with Gasteiger partial charge in [0.05, 0.1) is 18.0 Å². The Labute approximate surface area is 193 Å². The number of halogens is 3. The molecule has 2 amide bonds. The normalized spacial score (nSPS) is 19.2. The smallest absolute Gasteiger partial charge is 0.444 e. The third-order valence-corrected chi connectivity index (χ3v) is 5.57. The van der Waals surface area contributed by atoms with E-state index < -0.39 is 35.9 Å². The molecule has 0 aliphatic carbocycles. The maximum Gasteiger partial charge on any atom is 0.455 e. The quantitative estimate of drug-likeness (QED) is 0.670. The molecule has 2 aliphatic heterocycles. The standard InChI is InChI=1S/C21H24F3N3O5S/c1-20(2,3)32-18(29)25-10-15-11-27(19(30)31-15)14-6-4-13(5-7-14)26-8-9-33-16(12-26)17(28)21(22,23)24/h4-7,12,15H,8-11H2,1-3H3,(H,25,29). The van der Waals surface area contributed by atoms with Crippen LogP contribution in [0, 0.1) is 0 Å². The number of ketones is 1. The van der Waals surface area contributed by atoms with Gasteiger partial charge in [-0.2, -0.15) is 13.2 Å². The number of carbonyl (C=O) groups excluding carboxylic acids is 3. The van der Waals surface area contributed by atoms with Crippen molar-refractivity contribution in [2.75, 3.05) is 35.2 Å². The van der Waals surface area contributed by atoms with Crippen LogP contribution >= 0.6 is 11.8 Å². The van der Waals surface area contributed by atoms with E-state index in [1.54, 1.807) is 49.9 Å². The Morgan fingerprint density at radius 1 is 1.18 bits per heavy atom. The molecule has 1 N–H and O–H groups in total. The Morgan fingerprint density at radius 3 is 2.42 bits per heavy atom. The minimum absolute atomic E-state index is 0.0848. The number of ether oxygens (including phenoxy) is 2. The molecule has 2 aliphatic rings. The second kappa shape index (κ2) is 9.54. The number of alkyl halides is 3. The van der Waals surface area contributed by atoms with Crippen LogP contribution in [0.25, 0.3) is 0 Å². The molecule has 1 aromatic rings. The Kier molecular flexibility index (Phi) is 7.15. The minimum Gasteiger partial charge on any atom is -0.444 e. The number of carbonyl (C=O) groups is 3. The lowest BCUT2D eigenvalue weighted by molar-refractivity contribution is -0.165. The first-order valence-electron chi connectivity index (χ1n) is 10.1. The zero-order valence-electron chi connectivity index (χ0n) is 18.3. The second-order valence-electron chi connectivity index (χ2n) is 8.38. The molecule has 2 heterocycles. The van der Waals surface area contributed by atoms with Crippen molar-refractivity contribution in [1.82, 2.24) is 5.32 Å². The molecule has 3 rings (SSSR count). The molecule has 1 fully saturated rings. The number of thioether (sulfide) groups is 1. The summed E-state index contributed by atoms with van der Waals surface area (Å²) in [7, 11) is 0. The molecule has 1 saturated heterocycles. The number of alkyl carbamates (subject to hydrolysis) is 1. The van der Waals surface area contributed by atoms with Gasteiger partial charge < -0.3 is 19.7 Å². The van der Waals surface area contributed by atoms with E-state index in [-0.39, 0.29) is 18.0 Å². The minimum atomic E-state index is -4.92. The van der Waals surface area contributed by atoms with Crippen molar-refractivity contribution < 1.29 is 37.0 Å². The number of nitrogens with one attached hydrogen (secondary N) is 1. The topological polar surface area (TPSA) is 88.2 Å². The molecular weight excluding hydrogens is 463 g/mol. The summed E-state index contributed by atoms with van der Waals surface area (Å²) in [5.41, 5.74) is 0.473. The largest absolute Gasteiger partial charge is 0.455 e. The van der Waals surface area contributed by atoms with Gasteiger partial charge in [0.15, 0.2) is 0 Å². The van der Waals surface area contributed by atoms with E-state index in [9.17, 15) is 27.6 Å². The molecule has 1 aromatic carbocycles. The van der Waals surface area contributed by atoms with Crippen molar-refractivity contribution in [3.05, 3.63) is 35.4 Å². The van der Waals surface area contributed by atoms with Gasteiger partial charge in [0, 0.05) is 29.9 Å². The Hall–Kier alpha value is -2.89. The lowest BCUT2D eigenvalue weighted by Crippen LogP contribution is -2.38. The first kappa shape index (κ1) is 24.7. The van der Waals surface area contributed by atoms with Crippen LogP contribution in [0.5, 0.6) is 0 Å². The average molecular weight is 488 g/mol. The van der Waals surface area contributed by atoms with Crippen molar-refractivity contribution in [3.8, 4) is 0 Å². The number of amides is 2. The average Bonchev–Trinajstić information content (AvgIpc) is 3.10. The fourth-order valence-electron chi connectivity index (χ4n) is 3.14. The molecular formula is C21H24F3N3O5S. The van der Waals surface area contributed by atoms with Gasteiger partial charge in [0.25, 0.3) is 5.78 Å². The Bertz CT molecular complexity index is 944. The van der Waals surface area contributed by atoms with E-state index in [0.29, 0.717) is 23.7 Å². The Morgan fingerprint density at radius 2 is 1.82 bits per heavy atom. The van der Waals surface area contributed by atoms with Crippen LogP contribution in [0.1, 0.15) is 20.8 Å². The van der Waals surface area contributed by atoms with E-state index in [2.05, 4.69) is 5.32 Å². The van der Waals surface area contributed by atoms with E-state index in [1.807, 2.05) is 0 Å². The van der Waals surface area contributed by atoms with E-state index >= 15 is 0 Å². The van der Waals surface area contributed by atoms with E-state index in [4.69, 9.17) is 9.47 Å². The zero-order chi connectivity index (χ0) is 24.4. The molecule has 0 aromatic heterocycles. The molecule has 1 atom stereocenters. The predicted octanol–water partition coefficient (Wildman–Crippen LogP) is 4.06. The summed E-state index contributed by atoms with van der Waals surface area (Å²) in [5.74, 6) is -1.53. The van der Waals surface area contributed by atoms with Crippen LogP contribution in [-0.2, 0) is 14.3 Å². The summed E-state index contributed by atoms with van der Waals surface area (Å²) in [5, 5.41) is 2.56. The molecule has 12 heteroatoms. The summed E-state index contributed by atoms with van der Waals surface area (Å²) >= 11 is 0.872.